The molecule has 0 aromatic heterocycles. The molecule has 10 aliphatic rings. The number of benzene rings is 15. The maximum Gasteiger partial charge on any atom is 0.0406 e. The van der Waals surface area contributed by atoms with Gasteiger partial charge in [0.1, 0.15) is 0 Å². The first kappa shape index (κ1) is 57.1. The van der Waals surface area contributed by atoms with Gasteiger partial charge in [0.2, 0.25) is 0 Å². The van der Waals surface area contributed by atoms with Crippen molar-refractivity contribution in [2.45, 2.75) is 0 Å². The summed E-state index contributed by atoms with van der Waals surface area (Å²) in [6.07, 6.45) is 0. The quantitative estimate of drug-likeness (QED) is 0.143. The molecule has 25 rings (SSSR count). The van der Waals surface area contributed by atoms with Crippen LogP contribution in [0.2, 0.25) is 0 Å². The van der Waals surface area contributed by atoms with Crippen molar-refractivity contribution in [3.05, 3.63) is 385 Å². The van der Waals surface area contributed by atoms with Gasteiger partial charge in [0.15, 0.2) is 0 Å². The summed E-state index contributed by atoms with van der Waals surface area (Å²) in [5.41, 5.74) is 62.4. The van der Waals surface area contributed by atoms with Crippen LogP contribution in [0.25, 0.3) is 168 Å². The summed E-state index contributed by atoms with van der Waals surface area (Å²) in [7, 11) is 0. The lowest BCUT2D eigenvalue weighted by Gasteiger charge is -2.04. The zero-order chi connectivity index (χ0) is 64.0. The highest BCUT2D eigenvalue weighted by molar-refractivity contribution is 6.03. The van der Waals surface area contributed by atoms with Gasteiger partial charge < -0.3 is 0 Å². The first-order valence-electron chi connectivity index (χ1n) is 31.6. The monoisotopic (exact) mass is 1200 g/mol. The summed E-state index contributed by atoms with van der Waals surface area (Å²) in [5, 5.41) is 29.3. The Balaban J connectivity index is 0.910. The molecule has 0 aliphatic heterocycles. The molecule has 18 bridgehead atoms. The van der Waals surface area contributed by atoms with Crippen molar-refractivity contribution in [1.29, 1.82) is 0 Å². The molecule has 0 unspecified atom stereocenters. The standard InChI is InChI=1S/C96H48/c1-2-14-80-79(13-1)91-61-55-73-43-31-67(32-44-73)25-26-69-35-47-75(48-36-69)57-63-93-83-17-5-7-19-85(83)95(86-20-8-6-18-84(86)93)65-59-77-51-39-71(40-52-77)29-30-72-41-53-78(54-42-72)60-66-96-89-23-11-9-21-87(89)94(88-22-10-12-24-90(88)96)64-58-76-49-37-70(38-50-76)28-27-68-33-45-74(46-34-68)56-62-92(80)82-16-4-3-15-81(82)91/h1-24,31-54H. The maximum absolute atomic E-state index is 3.57. The second-order valence-corrected chi connectivity index (χ2v) is 23.2. The molecule has 96 heavy (non-hydrogen) atoms. The van der Waals surface area contributed by atoms with Gasteiger partial charge in [0.05, 0.1) is 0 Å². The second kappa shape index (κ2) is 25.6. The third-order valence-corrected chi connectivity index (χ3v) is 17.1. The molecule has 0 spiro atoms. The SMILES string of the molecule is C1=C=c2ccc(cc2)=C=C=c2c3ccccc3c(c3ccccc23)=C=C=c2ccc(cc2)=C=C=c2ccc(cc2)=C=C=c2c3ccccc3c(c3ccccc23)=C=C=c2ccc(cc2)=C=C=c2ccc(cc2)=C=C=c2c3ccccc3c(c3ccccc23)=C=C=c2ccc=1cc2. The molecule has 0 fully saturated rings. The summed E-state index contributed by atoms with van der Waals surface area (Å²) < 4.78 is 0. The van der Waals surface area contributed by atoms with Gasteiger partial charge in [0, 0.05) is 93.9 Å². The van der Waals surface area contributed by atoms with E-state index >= 15 is 0 Å². The molecular weight excluding hydrogens is 1150 g/mol. The van der Waals surface area contributed by atoms with Crippen LogP contribution in [-0.2, 0) is 0 Å². The van der Waals surface area contributed by atoms with Crippen molar-refractivity contribution in [3.63, 3.8) is 0 Å². The van der Waals surface area contributed by atoms with Crippen LogP contribution in [0.4, 0.5) is 0 Å². The number of hydrogen-bond acceptors (Lipinski definition) is 0. The molecule has 0 radical (unpaired) electrons. The van der Waals surface area contributed by atoms with E-state index in [0.717, 1.165) is 159 Å². The van der Waals surface area contributed by atoms with Crippen molar-refractivity contribution in [2.75, 3.05) is 0 Å². The minimum absolute atomic E-state index is 0.901. The van der Waals surface area contributed by atoms with Crippen molar-refractivity contribution in [2.24, 2.45) is 0 Å². The van der Waals surface area contributed by atoms with Crippen molar-refractivity contribution < 1.29 is 0 Å². The minimum atomic E-state index is 0.901. The van der Waals surface area contributed by atoms with E-state index in [4.69, 9.17) is 0 Å². The number of rotatable bonds is 0. The van der Waals surface area contributed by atoms with Crippen molar-refractivity contribution in [1.82, 2.24) is 0 Å². The van der Waals surface area contributed by atoms with Gasteiger partial charge in [-0.25, -0.2) is 0 Å². The van der Waals surface area contributed by atoms with E-state index in [1.165, 1.54) is 0 Å². The highest BCUT2D eigenvalue weighted by atomic mass is 14.1. The van der Waals surface area contributed by atoms with Gasteiger partial charge in [-0.1, -0.05) is 249 Å². The molecule has 0 heteroatoms. The molecule has 0 amide bonds. The summed E-state index contributed by atoms with van der Waals surface area (Å²) in [4.78, 5) is 0. The third kappa shape index (κ3) is 11.8. The van der Waals surface area contributed by atoms with Gasteiger partial charge in [-0.15, -0.1) is 0 Å². The van der Waals surface area contributed by atoms with E-state index in [0.29, 0.717) is 0 Å². The van der Waals surface area contributed by atoms with E-state index in [2.05, 4.69) is 249 Å². The van der Waals surface area contributed by atoms with Crippen LogP contribution in [0, 0.1) is 0 Å². The topological polar surface area (TPSA) is 0 Å². The molecule has 0 heterocycles. The Hall–Kier alpha value is -14.1. The lowest BCUT2D eigenvalue weighted by Crippen LogP contribution is -2.13. The molecule has 0 atom stereocenters. The van der Waals surface area contributed by atoms with Crippen LogP contribution in [0.15, 0.2) is 291 Å². The average molecular weight is 1200 g/mol. The molecule has 0 N–H and O–H groups in total. The summed E-state index contributed by atoms with van der Waals surface area (Å²) in [6.45, 7) is 0. The highest BCUT2D eigenvalue weighted by Gasteiger charge is 2.08. The van der Waals surface area contributed by atoms with Crippen LogP contribution in [0.3, 0.4) is 0 Å². The van der Waals surface area contributed by atoms with Gasteiger partial charge in [-0.05, 0) is 210 Å². The largest absolute Gasteiger partial charge is 0.0617 e. The van der Waals surface area contributed by atoms with Crippen LogP contribution in [0.1, 0.15) is 0 Å². The van der Waals surface area contributed by atoms with E-state index in [1.54, 1.807) is 0 Å². The fourth-order valence-corrected chi connectivity index (χ4v) is 12.3. The highest BCUT2D eigenvalue weighted by Crippen LogP contribution is 2.16. The summed E-state index contributed by atoms with van der Waals surface area (Å²) in [5.74, 6) is 0. The fraction of sp³-hybridized carbons (Fsp3) is 0. The first-order valence-corrected chi connectivity index (χ1v) is 31.6. The lowest BCUT2D eigenvalue weighted by molar-refractivity contribution is 1.55. The Morgan fingerprint density at radius 1 is 0.0938 bits per heavy atom. The Morgan fingerprint density at radius 2 is 0.177 bits per heavy atom. The summed E-state index contributed by atoms with van der Waals surface area (Å²) in [6, 6.07) is 99.3. The normalized spacial score (nSPS) is 11.1. The van der Waals surface area contributed by atoms with Crippen molar-refractivity contribution in [3.8, 4) is 0 Å². The lowest BCUT2D eigenvalue weighted by atomic mass is 9.98. The Kier molecular flexibility index (Phi) is 15.3. The van der Waals surface area contributed by atoms with Crippen molar-refractivity contribution >= 4 is 168 Å². The van der Waals surface area contributed by atoms with Crippen LogP contribution < -0.4 is 93.9 Å². The van der Waals surface area contributed by atoms with E-state index in [-0.39, 0.29) is 0 Å². The molecule has 0 saturated heterocycles. The Morgan fingerprint density at radius 3 is 0.271 bits per heavy atom. The Bertz CT molecular complexity index is 6230. The molecule has 15 aromatic rings. The van der Waals surface area contributed by atoms with Crippen LogP contribution >= 0.6 is 0 Å². The molecule has 432 valence electrons. The van der Waals surface area contributed by atoms with Crippen LogP contribution in [-0.4, -0.2) is 0 Å². The van der Waals surface area contributed by atoms with Gasteiger partial charge in [0.25, 0.3) is 0 Å². The minimum Gasteiger partial charge on any atom is -0.0617 e. The third-order valence-electron chi connectivity index (χ3n) is 17.1. The van der Waals surface area contributed by atoms with Gasteiger partial charge in [-0.3, -0.25) is 0 Å². The average Bonchev–Trinajstić information content (AvgIpc) is 0.782. The number of fused-ring (bicyclic) bond motifs is 6. The van der Waals surface area contributed by atoms with E-state index < -0.39 is 0 Å². The van der Waals surface area contributed by atoms with Gasteiger partial charge >= 0.3 is 0 Å². The fourth-order valence-electron chi connectivity index (χ4n) is 12.3. The molecule has 0 saturated carbocycles. The predicted octanol–water partition coefficient (Wildman–Crippen LogP) is 7.06. The molecule has 10 aliphatic carbocycles. The summed E-state index contributed by atoms with van der Waals surface area (Å²) >= 11 is 0. The first-order chi connectivity index (χ1) is 47.5. The Labute approximate surface area is 549 Å². The zero-order valence-corrected chi connectivity index (χ0v) is 51.7. The molecule has 15 aromatic carbocycles. The van der Waals surface area contributed by atoms with E-state index in [1.807, 2.05) is 146 Å². The van der Waals surface area contributed by atoms with Crippen LogP contribution in [0.5, 0.6) is 0 Å². The smallest absolute Gasteiger partial charge is 0.0406 e. The molecule has 0 nitrogen and oxygen atoms in total. The number of hydrogen-bond donors (Lipinski definition) is 0. The zero-order valence-electron chi connectivity index (χ0n) is 51.7. The predicted molar refractivity (Wildman–Crippen MR) is 398 cm³/mol. The molecular formula is C96H48. The van der Waals surface area contributed by atoms with Gasteiger partial charge in [-0.2, -0.15) is 0 Å². The second-order valence-electron chi connectivity index (χ2n) is 23.2. The maximum atomic E-state index is 3.57. The van der Waals surface area contributed by atoms with E-state index in [9.17, 15) is 0 Å².